The predicted molar refractivity (Wildman–Crippen MR) is 80.1 cm³/mol. The highest BCUT2D eigenvalue weighted by atomic mass is 16.4. The summed E-state index contributed by atoms with van der Waals surface area (Å²) in [6, 6.07) is 8.13. The molecule has 2 rings (SSSR count). The van der Waals surface area contributed by atoms with E-state index in [1.807, 2.05) is 30.3 Å². The molecule has 0 aromatic heterocycles. The Kier molecular flexibility index (Phi) is 5.52. The van der Waals surface area contributed by atoms with Crippen LogP contribution in [0, 0.1) is 0 Å². The zero-order valence-electron chi connectivity index (χ0n) is 12.3. The van der Waals surface area contributed by atoms with Crippen LogP contribution in [0.1, 0.15) is 24.8 Å². The molecular formula is C16H20N2O4. The largest absolute Gasteiger partial charge is 0.480 e. The standard InChI is InChI=1S/C16H20N2O4/c19-14(11-18-9-5-4-8-15(18)20)17-13(16(21)22)10-12-6-2-1-3-7-12/h1-3,6-7,13H,4-5,8-11H2,(H,17,19)(H,21,22)/t13-/m0/s1. The van der Waals surface area contributed by atoms with Crippen molar-refractivity contribution in [3.8, 4) is 0 Å². The quantitative estimate of drug-likeness (QED) is 0.814. The molecular weight excluding hydrogens is 284 g/mol. The van der Waals surface area contributed by atoms with Gasteiger partial charge in [-0.25, -0.2) is 4.79 Å². The van der Waals surface area contributed by atoms with Crippen molar-refractivity contribution in [2.24, 2.45) is 0 Å². The first-order valence-electron chi connectivity index (χ1n) is 7.40. The summed E-state index contributed by atoms with van der Waals surface area (Å²) in [5.41, 5.74) is 0.837. The summed E-state index contributed by atoms with van der Waals surface area (Å²) >= 11 is 0. The number of rotatable bonds is 6. The van der Waals surface area contributed by atoms with Gasteiger partial charge in [0.15, 0.2) is 0 Å². The molecule has 0 saturated carbocycles. The van der Waals surface area contributed by atoms with Gasteiger partial charge in [-0.15, -0.1) is 0 Å². The van der Waals surface area contributed by atoms with Crippen molar-refractivity contribution < 1.29 is 19.5 Å². The first kappa shape index (κ1) is 16.0. The highest BCUT2D eigenvalue weighted by Gasteiger charge is 2.24. The third-order valence-corrected chi connectivity index (χ3v) is 3.67. The maximum atomic E-state index is 12.0. The number of aliphatic carboxylic acids is 1. The van der Waals surface area contributed by atoms with Gasteiger partial charge in [-0.05, 0) is 18.4 Å². The van der Waals surface area contributed by atoms with Crippen molar-refractivity contribution >= 4 is 17.8 Å². The number of benzene rings is 1. The van der Waals surface area contributed by atoms with Crippen LogP contribution in [0.15, 0.2) is 30.3 Å². The molecule has 6 heteroatoms. The number of piperidine rings is 1. The van der Waals surface area contributed by atoms with Gasteiger partial charge in [0.25, 0.3) is 0 Å². The zero-order chi connectivity index (χ0) is 15.9. The van der Waals surface area contributed by atoms with Gasteiger partial charge in [-0.1, -0.05) is 30.3 Å². The van der Waals surface area contributed by atoms with Gasteiger partial charge in [0.1, 0.15) is 6.04 Å². The molecule has 1 aliphatic heterocycles. The molecule has 1 saturated heterocycles. The molecule has 0 bridgehead atoms. The van der Waals surface area contributed by atoms with Crippen LogP contribution in [0.2, 0.25) is 0 Å². The van der Waals surface area contributed by atoms with Crippen LogP contribution in [-0.4, -0.2) is 46.9 Å². The molecule has 6 nitrogen and oxygen atoms in total. The minimum atomic E-state index is -1.08. The Bertz CT molecular complexity index is 544. The number of carboxylic acid groups (broad SMARTS) is 1. The molecule has 1 atom stereocenters. The molecule has 2 N–H and O–H groups in total. The third-order valence-electron chi connectivity index (χ3n) is 3.67. The topological polar surface area (TPSA) is 86.7 Å². The van der Waals surface area contributed by atoms with E-state index in [1.54, 1.807) is 0 Å². The summed E-state index contributed by atoms with van der Waals surface area (Å²) in [6.45, 7) is 0.486. The number of carbonyl (C=O) groups is 3. The number of carboxylic acids is 1. The monoisotopic (exact) mass is 304 g/mol. The lowest BCUT2D eigenvalue weighted by Crippen LogP contribution is -2.48. The van der Waals surface area contributed by atoms with Crippen LogP contribution in [0.4, 0.5) is 0 Å². The lowest BCUT2D eigenvalue weighted by atomic mass is 10.1. The summed E-state index contributed by atoms with van der Waals surface area (Å²) in [4.78, 5) is 36.5. The number of hydrogen-bond donors (Lipinski definition) is 2. The third kappa shape index (κ3) is 4.58. The molecule has 1 heterocycles. The first-order chi connectivity index (χ1) is 10.6. The average Bonchev–Trinajstić information content (AvgIpc) is 2.50. The van der Waals surface area contributed by atoms with Gasteiger partial charge in [0.05, 0.1) is 6.54 Å². The molecule has 1 aromatic carbocycles. The van der Waals surface area contributed by atoms with Crippen LogP contribution in [0.5, 0.6) is 0 Å². The number of carbonyl (C=O) groups excluding carboxylic acids is 2. The summed E-state index contributed by atoms with van der Waals surface area (Å²) in [5.74, 6) is -1.56. The van der Waals surface area contributed by atoms with Crippen LogP contribution < -0.4 is 5.32 Å². The molecule has 1 fully saturated rings. The normalized spacial score (nSPS) is 16.2. The number of likely N-dealkylation sites (tertiary alicyclic amines) is 1. The Hall–Kier alpha value is -2.37. The van der Waals surface area contributed by atoms with E-state index in [0.717, 1.165) is 18.4 Å². The minimum absolute atomic E-state index is 0.0451. The molecule has 0 radical (unpaired) electrons. The smallest absolute Gasteiger partial charge is 0.326 e. The fourth-order valence-electron chi connectivity index (χ4n) is 2.49. The van der Waals surface area contributed by atoms with Gasteiger partial charge in [0, 0.05) is 19.4 Å². The van der Waals surface area contributed by atoms with E-state index in [-0.39, 0.29) is 18.9 Å². The molecule has 0 unspecified atom stereocenters. The highest BCUT2D eigenvalue weighted by molar-refractivity contribution is 5.88. The number of hydrogen-bond acceptors (Lipinski definition) is 3. The Morgan fingerprint density at radius 2 is 1.95 bits per heavy atom. The van der Waals surface area contributed by atoms with Gasteiger partial charge >= 0.3 is 5.97 Å². The predicted octanol–water partition coefficient (Wildman–Crippen LogP) is 0.811. The van der Waals surface area contributed by atoms with E-state index in [9.17, 15) is 19.5 Å². The lowest BCUT2D eigenvalue weighted by Gasteiger charge is -2.26. The molecule has 2 amide bonds. The maximum Gasteiger partial charge on any atom is 0.326 e. The van der Waals surface area contributed by atoms with E-state index in [4.69, 9.17) is 0 Å². The lowest BCUT2D eigenvalue weighted by molar-refractivity contribution is -0.143. The fourth-order valence-corrected chi connectivity index (χ4v) is 2.49. The van der Waals surface area contributed by atoms with Crippen molar-refractivity contribution in [1.82, 2.24) is 10.2 Å². The average molecular weight is 304 g/mol. The minimum Gasteiger partial charge on any atom is -0.480 e. The van der Waals surface area contributed by atoms with Crippen molar-refractivity contribution in [3.05, 3.63) is 35.9 Å². The molecule has 1 aliphatic rings. The second-order valence-corrected chi connectivity index (χ2v) is 5.42. The van der Waals surface area contributed by atoms with Gasteiger partial charge < -0.3 is 15.3 Å². The van der Waals surface area contributed by atoms with E-state index >= 15 is 0 Å². The van der Waals surface area contributed by atoms with Gasteiger partial charge in [-0.2, -0.15) is 0 Å². The number of nitrogens with one attached hydrogen (secondary N) is 1. The van der Waals surface area contributed by atoms with Crippen LogP contribution >= 0.6 is 0 Å². The Morgan fingerprint density at radius 3 is 2.59 bits per heavy atom. The molecule has 1 aromatic rings. The summed E-state index contributed by atoms with van der Waals surface area (Å²) in [6.07, 6.45) is 2.41. The number of amides is 2. The Morgan fingerprint density at radius 1 is 1.23 bits per heavy atom. The second kappa shape index (κ2) is 7.59. The number of nitrogens with zero attached hydrogens (tertiary/aromatic N) is 1. The molecule has 0 aliphatic carbocycles. The summed E-state index contributed by atoms with van der Waals surface area (Å²) in [7, 11) is 0. The van der Waals surface area contributed by atoms with E-state index in [2.05, 4.69) is 5.32 Å². The van der Waals surface area contributed by atoms with Crippen molar-refractivity contribution in [3.63, 3.8) is 0 Å². The van der Waals surface area contributed by atoms with Crippen molar-refractivity contribution in [2.75, 3.05) is 13.1 Å². The van der Waals surface area contributed by atoms with Crippen molar-refractivity contribution in [2.45, 2.75) is 31.7 Å². The van der Waals surface area contributed by atoms with Gasteiger partial charge in [0.2, 0.25) is 11.8 Å². The maximum absolute atomic E-state index is 12.0. The molecule has 22 heavy (non-hydrogen) atoms. The van der Waals surface area contributed by atoms with E-state index < -0.39 is 17.9 Å². The summed E-state index contributed by atoms with van der Waals surface area (Å²) < 4.78 is 0. The van der Waals surface area contributed by atoms with Crippen molar-refractivity contribution in [1.29, 1.82) is 0 Å². The molecule has 118 valence electrons. The molecule has 0 spiro atoms. The van der Waals surface area contributed by atoms with Crippen LogP contribution in [0.25, 0.3) is 0 Å². The highest BCUT2D eigenvalue weighted by Crippen LogP contribution is 2.10. The fraction of sp³-hybridized carbons (Fsp3) is 0.438. The first-order valence-corrected chi connectivity index (χ1v) is 7.40. The second-order valence-electron chi connectivity index (χ2n) is 5.42. The van der Waals surface area contributed by atoms with Gasteiger partial charge in [-0.3, -0.25) is 9.59 Å². The summed E-state index contributed by atoms with van der Waals surface area (Å²) in [5, 5.41) is 11.7. The Labute approximate surface area is 129 Å². The van der Waals surface area contributed by atoms with E-state index in [0.29, 0.717) is 13.0 Å². The van der Waals surface area contributed by atoms with Crippen LogP contribution in [-0.2, 0) is 20.8 Å². The SMILES string of the molecule is O=C(CN1CCCCC1=O)N[C@@H](Cc1ccccc1)C(=O)O. The Balaban J connectivity index is 1.91. The van der Waals surface area contributed by atoms with Crippen LogP contribution in [0.3, 0.4) is 0 Å². The van der Waals surface area contributed by atoms with E-state index in [1.165, 1.54) is 4.90 Å². The zero-order valence-corrected chi connectivity index (χ0v) is 12.3.